The van der Waals surface area contributed by atoms with E-state index in [4.69, 9.17) is 4.74 Å². The van der Waals surface area contributed by atoms with Crippen LogP contribution in [0.1, 0.15) is 36.5 Å². The summed E-state index contributed by atoms with van der Waals surface area (Å²) in [5.41, 5.74) is 2.35. The lowest BCUT2D eigenvalue weighted by atomic mass is 10.0. The summed E-state index contributed by atoms with van der Waals surface area (Å²) in [6.07, 6.45) is 0.285. The number of rotatable bonds is 10. The normalized spacial score (nSPS) is 11.7. The molecule has 3 aromatic carbocycles. The first kappa shape index (κ1) is 26.4. The molecular formula is C28H30BrFN2O3. The third kappa shape index (κ3) is 7.15. The number of benzene rings is 3. The van der Waals surface area contributed by atoms with Crippen molar-refractivity contribution < 1.29 is 18.7 Å². The maximum atomic E-state index is 14.5. The van der Waals surface area contributed by atoms with Crippen LogP contribution in [-0.4, -0.2) is 36.4 Å². The van der Waals surface area contributed by atoms with Crippen LogP contribution in [0, 0.1) is 5.82 Å². The SMILES string of the molecule is CNC(=O)C(Cc1ccccc1)N(Cc1ccccc1F)C(=O)COc1ccc(C(C)C)cc1Br. The van der Waals surface area contributed by atoms with Gasteiger partial charge in [-0.05, 0) is 51.2 Å². The van der Waals surface area contributed by atoms with Crippen LogP contribution in [0.15, 0.2) is 77.3 Å². The van der Waals surface area contributed by atoms with Gasteiger partial charge in [-0.25, -0.2) is 4.39 Å². The molecule has 0 aliphatic carbocycles. The smallest absolute Gasteiger partial charge is 0.261 e. The predicted octanol–water partition coefficient (Wildman–Crippen LogP) is 5.48. The fourth-order valence-electron chi connectivity index (χ4n) is 3.75. The maximum absolute atomic E-state index is 14.5. The van der Waals surface area contributed by atoms with Gasteiger partial charge in [0.25, 0.3) is 5.91 Å². The minimum atomic E-state index is -0.843. The molecule has 0 aliphatic heterocycles. The van der Waals surface area contributed by atoms with Gasteiger partial charge in [0.05, 0.1) is 4.47 Å². The van der Waals surface area contributed by atoms with Gasteiger partial charge in [0.1, 0.15) is 17.6 Å². The molecule has 0 spiro atoms. The summed E-state index contributed by atoms with van der Waals surface area (Å²) < 4.78 is 21.1. The highest BCUT2D eigenvalue weighted by molar-refractivity contribution is 9.10. The molecule has 7 heteroatoms. The summed E-state index contributed by atoms with van der Waals surface area (Å²) >= 11 is 3.51. The Kier molecular flexibility index (Phi) is 9.43. The van der Waals surface area contributed by atoms with Crippen LogP contribution < -0.4 is 10.1 Å². The summed E-state index contributed by atoms with van der Waals surface area (Å²) in [6, 6.07) is 20.6. The Hall–Kier alpha value is -3.19. The van der Waals surface area contributed by atoms with Gasteiger partial charge in [0, 0.05) is 25.6 Å². The Bertz CT molecular complexity index is 1150. The van der Waals surface area contributed by atoms with Crippen LogP contribution in [0.3, 0.4) is 0 Å². The van der Waals surface area contributed by atoms with Gasteiger partial charge in [-0.1, -0.05) is 68.4 Å². The first-order valence-electron chi connectivity index (χ1n) is 11.5. The molecule has 0 saturated carbocycles. The number of hydrogen-bond donors (Lipinski definition) is 1. The number of nitrogens with one attached hydrogen (secondary N) is 1. The molecule has 0 fully saturated rings. The van der Waals surface area contributed by atoms with Gasteiger partial charge in [-0.15, -0.1) is 0 Å². The van der Waals surface area contributed by atoms with Gasteiger partial charge < -0.3 is 15.0 Å². The minimum absolute atomic E-state index is 0.0623. The number of carbonyl (C=O) groups is 2. The molecule has 0 aliphatic rings. The quantitative estimate of drug-likeness (QED) is 0.370. The largest absolute Gasteiger partial charge is 0.483 e. The topological polar surface area (TPSA) is 58.6 Å². The average molecular weight is 541 g/mol. The monoisotopic (exact) mass is 540 g/mol. The molecule has 0 heterocycles. The highest BCUT2D eigenvalue weighted by Gasteiger charge is 2.30. The molecule has 0 bridgehead atoms. The molecule has 1 atom stereocenters. The zero-order chi connectivity index (χ0) is 25.4. The Balaban J connectivity index is 1.88. The van der Waals surface area contributed by atoms with E-state index in [2.05, 4.69) is 35.1 Å². The third-order valence-electron chi connectivity index (χ3n) is 5.79. The molecular weight excluding hydrogens is 511 g/mol. The zero-order valence-corrected chi connectivity index (χ0v) is 21.7. The van der Waals surface area contributed by atoms with Crippen molar-refractivity contribution in [3.05, 3.63) is 99.8 Å². The van der Waals surface area contributed by atoms with E-state index in [1.54, 1.807) is 18.2 Å². The van der Waals surface area contributed by atoms with Crippen molar-refractivity contribution in [2.75, 3.05) is 13.7 Å². The van der Waals surface area contributed by atoms with Crippen LogP contribution in [0.5, 0.6) is 5.75 Å². The van der Waals surface area contributed by atoms with Gasteiger partial charge in [0.15, 0.2) is 6.61 Å². The summed E-state index contributed by atoms with van der Waals surface area (Å²) in [6.45, 7) is 3.83. The Morgan fingerprint density at radius 2 is 1.71 bits per heavy atom. The minimum Gasteiger partial charge on any atom is -0.483 e. The van der Waals surface area contributed by atoms with Crippen molar-refractivity contribution in [2.24, 2.45) is 0 Å². The zero-order valence-electron chi connectivity index (χ0n) is 20.1. The fourth-order valence-corrected chi connectivity index (χ4v) is 4.26. The second kappa shape index (κ2) is 12.5. The van der Waals surface area contributed by atoms with E-state index < -0.39 is 17.8 Å². The molecule has 184 valence electrons. The van der Waals surface area contributed by atoms with Gasteiger partial charge in [-0.3, -0.25) is 9.59 Å². The molecule has 35 heavy (non-hydrogen) atoms. The van der Waals surface area contributed by atoms with E-state index in [1.807, 2.05) is 48.5 Å². The van der Waals surface area contributed by atoms with E-state index >= 15 is 0 Å². The highest BCUT2D eigenvalue weighted by Crippen LogP contribution is 2.29. The second-order valence-electron chi connectivity index (χ2n) is 8.57. The lowest BCUT2D eigenvalue weighted by Crippen LogP contribution is -2.51. The summed E-state index contributed by atoms with van der Waals surface area (Å²) in [5.74, 6) is -0.315. The van der Waals surface area contributed by atoms with Crippen molar-refractivity contribution in [3.8, 4) is 5.75 Å². The van der Waals surface area contributed by atoms with E-state index in [0.717, 1.165) is 15.6 Å². The molecule has 3 rings (SSSR count). The Labute approximate surface area is 214 Å². The molecule has 0 saturated heterocycles. The summed E-state index contributed by atoms with van der Waals surface area (Å²) in [4.78, 5) is 27.8. The first-order valence-corrected chi connectivity index (χ1v) is 12.3. The van der Waals surface area contributed by atoms with Gasteiger partial charge >= 0.3 is 0 Å². The highest BCUT2D eigenvalue weighted by atomic mass is 79.9. The maximum Gasteiger partial charge on any atom is 0.261 e. The van der Waals surface area contributed by atoms with Crippen LogP contribution in [0.4, 0.5) is 4.39 Å². The van der Waals surface area contributed by atoms with Crippen molar-refractivity contribution in [2.45, 2.75) is 38.8 Å². The molecule has 2 amide bonds. The van der Waals surface area contributed by atoms with Gasteiger partial charge in [-0.2, -0.15) is 0 Å². The van der Waals surface area contributed by atoms with Crippen molar-refractivity contribution in [1.29, 1.82) is 0 Å². The molecule has 5 nitrogen and oxygen atoms in total. The number of nitrogens with zero attached hydrogens (tertiary/aromatic N) is 1. The Morgan fingerprint density at radius 3 is 2.34 bits per heavy atom. The van der Waals surface area contributed by atoms with E-state index in [0.29, 0.717) is 17.2 Å². The standard InChI is InChI=1S/C28H30BrFN2O3/c1-19(2)21-13-14-26(23(29)16-21)35-18-27(33)32(17-22-11-7-8-12-24(22)30)25(28(34)31-3)15-20-9-5-4-6-10-20/h4-14,16,19,25H,15,17-18H2,1-3H3,(H,31,34). The number of carbonyl (C=O) groups excluding carboxylic acids is 2. The first-order chi connectivity index (χ1) is 16.8. The number of hydrogen-bond acceptors (Lipinski definition) is 3. The average Bonchev–Trinajstić information content (AvgIpc) is 2.86. The second-order valence-corrected chi connectivity index (χ2v) is 9.42. The Morgan fingerprint density at radius 1 is 1.03 bits per heavy atom. The molecule has 1 unspecified atom stereocenters. The van der Waals surface area contributed by atoms with Gasteiger partial charge in [0.2, 0.25) is 5.91 Å². The molecule has 3 aromatic rings. The number of halogens is 2. The summed E-state index contributed by atoms with van der Waals surface area (Å²) in [7, 11) is 1.52. The van der Waals surface area contributed by atoms with Crippen molar-refractivity contribution in [1.82, 2.24) is 10.2 Å². The predicted molar refractivity (Wildman–Crippen MR) is 139 cm³/mol. The van der Waals surface area contributed by atoms with E-state index in [-0.39, 0.29) is 25.5 Å². The summed E-state index contributed by atoms with van der Waals surface area (Å²) in [5, 5.41) is 2.65. The van der Waals surface area contributed by atoms with Crippen LogP contribution in [0.2, 0.25) is 0 Å². The lowest BCUT2D eigenvalue weighted by molar-refractivity contribution is -0.142. The number of ether oxygens (including phenoxy) is 1. The number of amides is 2. The van der Waals surface area contributed by atoms with Crippen LogP contribution in [0.25, 0.3) is 0 Å². The molecule has 0 radical (unpaired) electrons. The van der Waals surface area contributed by atoms with Crippen LogP contribution in [-0.2, 0) is 22.6 Å². The lowest BCUT2D eigenvalue weighted by Gasteiger charge is -2.31. The van der Waals surface area contributed by atoms with Crippen molar-refractivity contribution >= 4 is 27.7 Å². The fraction of sp³-hybridized carbons (Fsp3) is 0.286. The molecule has 1 N–H and O–H groups in total. The number of likely N-dealkylation sites (N-methyl/N-ethyl adjacent to an activating group) is 1. The van der Waals surface area contributed by atoms with E-state index in [1.165, 1.54) is 18.0 Å². The van der Waals surface area contributed by atoms with Crippen molar-refractivity contribution in [3.63, 3.8) is 0 Å². The van der Waals surface area contributed by atoms with E-state index in [9.17, 15) is 14.0 Å². The third-order valence-corrected chi connectivity index (χ3v) is 6.41. The van der Waals surface area contributed by atoms with Crippen LogP contribution >= 0.6 is 15.9 Å². The molecule has 0 aromatic heterocycles.